The minimum Gasteiger partial charge on any atom is -0.381 e. The zero-order valence-electron chi connectivity index (χ0n) is 14.6. The molecule has 1 fully saturated rings. The maximum atomic E-state index is 11.4. The molecule has 2 aromatic rings. The molecule has 0 aliphatic carbocycles. The topological polar surface area (TPSA) is 85.0 Å². The summed E-state index contributed by atoms with van der Waals surface area (Å²) in [5.74, 6) is 6.89. The van der Waals surface area contributed by atoms with Crippen LogP contribution in [0.2, 0.25) is 10.2 Å². The summed E-state index contributed by atoms with van der Waals surface area (Å²) >= 11 is 13.5. The Morgan fingerprint density at radius 3 is 2.74 bits per heavy atom. The van der Waals surface area contributed by atoms with E-state index in [1.54, 1.807) is 19.2 Å². The molecule has 27 heavy (non-hydrogen) atoms. The molecule has 1 aliphatic heterocycles. The number of carbonyl (C=O) groups excluding carboxylic acids is 1. The van der Waals surface area contributed by atoms with Gasteiger partial charge in [-0.1, -0.05) is 40.9 Å². The Morgan fingerprint density at radius 2 is 2.07 bits per heavy atom. The van der Waals surface area contributed by atoms with Crippen molar-refractivity contribution < 1.29 is 4.79 Å². The molecule has 2 N–H and O–H groups in total. The van der Waals surface area contributed by atoms with Crippen LogP contribution in [0.5, 0.6) is 0 Å². The molecule has 0 atom stereocenters. The van der Waals surface area contributed by atoms with E-state index in [0.29, 0.717) is 15.7 Å². The number of aromatic nitrogens is 3. The highest BCUT2D eigenvalue weighted by Crippen LogP contribution is 2.35. The van der Waals surface area contributed by atoms with Crippen LogP contribution in [0, 0.1) is 17.8 Å². The maximum absolute atomic E-state index is 11.4. The summed E-state index contributed by atoms with van der Waals surface area (Å²) in [6.45, 7) is 3.07. The molecule has 3 rings (SSSR count). The van der Waals surface area contributed by atoms with Crippen molar-refractivity contribution in [1.29, 1.82) is 0 Å². The number of hydrogen-bond donors (Lipinski definition) is 1. The van der Waals surface area contributed by atoms with Crippen molar-refractivity contribution in [3.8, 4) is 11.8 Å². The standard InChI is InChI=1S/C18H17Cl2N5OS/c1-11(26)25-8-5-12(6-9-25)2-3-13-16(20)14(4-7-22-13)27-18-17(21)24-15(19)10-23-18/h4,7,10,12H,5-6,8-9H2,1H3,(H2,21,24). The number of nitrogen functional groups attached to an aromatic ring is 1. The average molecular weight is 422 g/mol. The van der Waals surface area contributed by atoms with Crippen molar-refractivity contribution in [3.05, 3.63) is 34.3 Å². The number of carbonyl (C=O) groups is 1. The summed E-state index contributed by atoms with van der Waals surface area (Å²) in [6.07, 6.45) is 4.80. The van der Waals surface area contributed by atoms with Crippen LogP contribution >= 0.6 is 35.0 Å². The van der Waals surface area contributed by atoms with E-state index in [2.05, 4.69) is 26.8 Å². The minimum atomic E-state index is 0.111. The molecular formula is C18H17Cl2N5OS. The van der Waals surface area contributed by atoms with Crippen LogP contribution in [-0.4, -0.2) is 38.8 Å². The Bertz CT molecular complexity index is 920. The van der Waals surface area contributed by atoms with E-state index in [0.717, 1.165) is 30.8 Å². The first-order valence-corrected chi connectivity index (χ1v) is 9.88. The van der Waals surface area contributed by atoms with Gasteiger partial charge in [-0.25, -0.2) is 15.0 Å². The lowest BCUT2D eigenvalue weighted by atomic mass is 9.97. The minimum absolute atomic E-state index is 0.111. The fourth-order valence-corrected chi connectivity index (χ4v) is 3.85. The van der Waals surface area contributed by atoms with Gasteiger partial charge in [0.25, 0.3) is 0 Å². The van der Waals surface area contributed by atoms with Gasteiger partial charge in [0, 0.05) is 37.0 Å². The summed E-state index contributed by atoms with van der Waals surface area (Å²) < 4.78 is 0. The van der Waals surface area contributed by atoms with Gasteiger partial charge < -0.3 is 10.6 Å². The van der Waals surface area contributed by atoms with Crippen molar-refractivity contribution in [3.63, 3.8) is 0 Å². The van der Waals surface area contributed by atoms with Crippen molar-refractivity contribution in [2.75, 3.05) is 18.8 Å². The van der Waals surface area contributed by atoms with Crippen LogP contribution in [0.4, 0.5) is 5.82 Å². The summed E-state index contributed by atoms with van der Waals surface area (Å²) in [7, 11) is 0. The zero-order valence-corrected chi connectivity index (χ0v) is 16.9. The first-order valence-electron chi connectivity index (χ1n) is 8.31. The van der Waals surface area contributed by atoms with Crippen LogP contribution in [-0.2, 0) is 4.79 Å². The van der Waals surface area contributed by atoms with Crippen molar-refractivity contribution in [2.45, 2.75) is 29.7 Å². The molecular weight excluding hydrogens is 405 g/mol. The fraction of sp³-hybridized carbons (Fsp3) is 0.333. The lowest BCUT2D eigenvalue weighted by Gasteiger charge is -2.28. The van der Waals surface area contributed by atoms with Crippen molar-refractivity contribution in [1.82, 2.24) is 19.9 Å². The van der Waals surface area contributed by atoms with Crippen molar-refractivity contribution in [2.24, 2.45) is 5.92 Å². The van der Waals surface area contributed by atoms with Gasteiger partial charge in [-0.15, -0.1) is 0 Å². The van der Waals surface area contributed by atoms with Gasteiger partial charge in [-0.2, -0.15) is 0 Å². The lowest BCUT2D eigenvalue weighted by molar-refractivity contribution is -0.129. The van der Waals surface area contributed by atoms with E-state index >= 15 is 0 Å². The van der Waals surface area contributed by atoms with Crippen LogP contribution in [0.15, 0.2) is 28.4 Å². The number of nitrogens with two attached hydrogens (primary N) is 1. The fourth-order valence-electron chi connectivity index (χ4n) is 2.65. The molecule has 0 saturated carbocycles. The van der Waals surface area contributed by atoms with E-state index in [1.807, 2.05) is 4.90 Å². The molecule has 1 saturated heterocycles. The van der Waals surface area contributed by atoms with Gasteiger partial charge in [-0.05, 0) is 24.8 Å². The molecule has 3 heterocycles. The number of likely N-dealkylation sites (tertiary alicyclic amines) is 1. The smallest absolute Gasteiger partial charge is 0.219 e. The molecule has 1 aliphatic rings. The molecule has 0 radical (unpaired) electrons. The van der Waals surface area contributed by atoms with Gasteiger partial charge in [0.2, 0.25) is 5.91 Å². The first kappa shape index (κ1) is 19.7. The average Bonchev–Trinajstić information content (AvgIpc) is 2.65. The Kier molecular flexibility index (Phi) is 6.42. The van der Waals surface area contributed by atoms with Gasteiger partial charge in [0.05, 0.1) is 11.2 Å². The van der Waals surface area contributed by atoms with E-state index in [-0.39, 0.29) is 22.8 Å². The third-order valence-electron chi connectivity index (χ3n) is 4.13. The van der Waals surface area contributed by atoms with E-state index in [9.17, 15) is 4.79 Å². The van der Waals surface area contributed by atoms with Crippen LogP contribution in [0.1, 0.15) is 25.5 Å². The summed E-state index contributed by atoms with van der Waals surface area (Å²) in [4.78, 5) is 26.4. The molecule has 0 bridgehead atoms. The van der Waals surface area contributed by atoms with Crippen LogP contribution in [0.25, 0.3) is 0 Å². The largest absolute Gasteiger partial charge is 0.381 e. The van der Waals surface area contributed by atoms with Gasteiger partial charge in [-0.3, -0.25) is 4.79 Å². The molecule has 6 nitrogen and oxygen atoms in total. The monoisotopic (exact) mass is 421 g/mol. The third-order valence-corrected chi connectivity index (χ3v) is 5.87. The predicted molar refractivity (Wildman–Crippen MR) is 107 cm³/mol. The second-order valence-corrected chi connectivity index (χ2v) is 7.80. The highest BCUT2D eigenvalue weighted by Gasteiger charge is 2.19. The normalized spacial score (nSPS) is 14.6. The molecule has 0 spiro atoms. The molecule has 0 unspecified atom stereocenters. The lowest BCUT2D eigenvalue weighted by Crippen LogP contribution is -2.36. The van der Waals surface area contributed by atoms with Gasteiger partial charge in [0.1, 0.15) is 15.9 Å². The highest BCUT2D eigenvalue weighted by atomic mass is 35.5. The van der Waals surface area contributed by atoms with E-state index in [4.69, 9.17) is 28.9 Å². The van der Waals surface area contributed by atoms with Crippen molar-refractivity contribution >= 4 is 46.7 Å². The number of hydrogen-bond acceptors (Lipinski definition) is 6. The molecule has 9 heteroatoms. The number of nitrogens with zero attached hydrogens (tertiary/aromatic N) is 4. The Hall–Kier alpha value is -2.01. The highest BCUT2D eigenvalue weighted by molar-refractivity contribution is 7.99. The van der Waals surface area contributed by atoms with Gasteiger partial charge in [0.15, 0.2) is 5.82 Å². The summed E-state index contributed by atoms with van der Waals surface area (Å²) in [5.41, 5.74) is 6.36. The van der Waals surface area contributed by atoms with Gasteiger partial charge >= 0.3 is 0 Å². The summed E-state index contributed by atoms with van der Waals surface area (Å²) in [5, 5.41) is 1.20. The summed E-state index contributed by atoms with van der Waals surface area (Å²) in [6, 6.07) is 1.78. The van der Waals surface area contributed by atoms with Crippen LogP contribution in [0.3, 0.4) is 0 Å². The Morgan fingerprint density at radius 1 is 1.33 bits per heavy atom. The SMILES string of the molecule is CC(=O)N1CCC(C#Cc2nccc(Sc3ncc(Cl)nc3N)c2Cl)CC1. The van der Waals surface area contributed by atoms with E-state index < -0.39 is 0 Å². The quantitative estimate of drug-likeness (QED) is 0.746. The van der Waals surface area contributed by atoms with E-state index in [1.165, 1.54) is 18.0 Å². The number of halogens is 2. The number of pyridine rings is 1. The molecule has 1 amide bonds. The second kappa shape index (κ2) is 8.79. The molecule has 2 aromatic heterocycles. The van der Waals surface area contributed by atoms with Crippen LogP contribution < -0.4 is 5.73 Å². The first-order chi connectivity index (χ1) is 12.9. The molecule has 140 valence electrons. The number of rotatable bonds is 2. The second-order valence-electron chi connectivity index (χ2n) is 6.01. The number of amides is 1. The maximum Gasteiger partial charge on any atom is 0.219 e. The Labute approximate surface area is 171 Å². The predicted octanol–water partition coefficient (Wildman–Crippen LogP) is 3.52. The molecule has 0 aromatic carbocycles. The zero-order chi connectivity index (χ0) is 19.4. The number of anilines is 1. The Balaban J connectivity index is 1.73. The number of piperidine rings is 1. The third kappa shape index (κ3) is 5.04.